The van der Waals surface area contributed by atoms with E-state index in [9.17, 15) is 48.6 Å². The lowest BCUT2D eigenvalue weighted by molar-refractivity contribution is -0.145. The number of phenolic OH excluding ortho intramolecular Hbond substituents is 1. The van der Waals surface area contributed by atoms with E-state index in [0.717, 1.165) is 0 Å². The summed E-state index contributed by atoms with van der Waals surface area (Å²) in [5.74, 6) is -8.27. The number of carbonyl (C=O) groups is 8. The van der Waals surface area contributed by atoms with E-state index in [1.807, 2.05) is 0 Å². The van der Waals surface area contributed by atoms with Crippen molar-refractivity contribution in [1.82, 2.24) is 41.5 Å². The predicted molar refractivity (Wildman–Crippen MR) is 241 cm³/mol. The number of nitrogens with one attached hydrogen (secondary N) is 6. The first kappa shape index (κ1) is 52.1. The Bertz CT molecular complexity index is 2200. The molecule has 4 rings (SSSR count). The molecule has 1 aliphatic heterocycles. The molecule has 67 heavy (non-hydrogen) atoms. The highest BCUT2D eigenvalue weighted by Crippen LogP contribution is 2.21. The maximum absolute atomic E-state index is 14.5. The molecule has 6 amide bonds. The highest BCUT2D eigenvalue weighted by molar-refractivity contribution is 5.97. The van der Waals surface area contributed by atoms with Crippen LogP contribution in [0.15, 0.2) is 72.1 Å². The average Bonchev–Trinajstić information content (AvgIpc) is 3.99. The third-order valence-electron chi connectivity index (χ3n) is 10.9. The summed E-state index contributed by atoms with van der Waals surface area (Å²) in [7, 11) is 0. The highest BCUT2D eigenvalue weighted by atomic mass is 16.4. The number of hydrogen-bond donors (Lipinski definition) is 12. The molecule has 3 aromatic rings. The third kappa shape index (κ3) is 16.4. The Kier molecular flexibility index (Phi) is 19.6. The number of benzene rings is 2. The molecule has 0 saturated carbocycles. The van der Waals surface area contributed by atoms with Crippen LogP contribution in [0.4, 0.5) is 0 Å². The molecule has 1 saturated heterocycles. The second kappa shape index (κ2) is 25.2. The first-order valence-corrected chi connectivity index (χ1v) is 21.7. The van der Waals surface area contributed by atoms with Crippen LogP contribution >= 0.6 is 0 Å². The summed E-state index contributed by atoms with van der Waals surface area (Å²) >= 11 is 0. The van der Waals surface area contributed by atoms with Gasteiger partial charge in [0.05, 0.1) is 18.8 Å². The van der Waals surface area contributed by atoms with Gasteiger partial charge in [-0.25, -0.2) is 9.78 Å². The van der Waals surface area contributed by atoms with E-state index in [1.165, 1.54) is 41.7 Å². The topological polar surface area (TPSA) is 380 Å². The van der Waals surface area contributed by atoms with E-state index >= 15 is 0 Å². The molecule has 0 spiro atoms. The zero-order valence-corrected chi connectivity index (χ0v) is 37.2. The number of imidazole rings is 1. The van der Waals surface area contributed by atoms with Gasteiger partial charge in [-0.05, 0) is 54.9 Å². The predicted octanol–water partition coefficient (Wildman–Crippen LogP) is -1.85. The SMILES string of the molecule is CC(C)C(NC(=O)C(CCCN=C(N)N)NC(=O)C(N)CC(=O)O)C(=O)NC(Cc1ccc(O)cc1)C(=O)NC(Cc1cnc[nH]1)C(=O)N1CCCC1C(=O)NC(Cc1ccccc1)C(=O)O. The van der Waals surface area contributed by atoms with Gasteiger partial charge < -0.3 is 69.0 Å². The lowest BCUT2D eigenvalue weighted by Crippen LogP contribution is -2.61. The monoisotopic (exact) mass is 932 g/mol. The number of carboxylic acid groups (broad SMARTS) is 2. The first-order chi connectivity index (χ1) is 31.8. The van der Waals surface area contributed by atoms with Crippen molar-refractivity contribution in [1.29, 1.82) is 0 Å². The van der Waals surface area contributed by atoms with E-state index in [-0.39, 0.29) is 63.3 Å². The number of aliphatic carboxylic acids is 2. The van der Waals surface area contributed by atoms with Crippen LogP contribution < -0.4 is 43.8 Å². The molecule has 0 bridgehead atoms. The largest absolute Gasteiger partial charge is 0.508 e. The smallest absolute Gasteiger partial charge is 0.326 e. The van der Waals surface area contributed by atoms with E-state index in [2.05, 4.69) is 41.5 Å². The van der Waals surface area contributed by atoms with Crippen LogP contribution in [0.5, 0.6) is 5.75 Å². The van der Waals surface area contributed by atoms with Crippen LogP contribution in [0.2, 0.25) is 0 Å². The number of likely N-dealkylation sites (tertiary alicyclic amines) is 1. The molecule has 15 N–H and O–H groups in total. The molecule has 0 radical (unpaired) electrons. The summed E-state index contributed by atoms with van der Waals surface area (Å²) in [5, 5.41) is 42.1. The number of nitrogens with two attached hydrogens (primary N) is 3. The van der Waals surface area contributed by atoms with Crippen molar-refractivity contribution in [3.8, 4) is 5.75 Å². The number of amides is 6. The van der Waals surface area contributed by atoms with Gasteiger partial charge in [0.2, 0.25) is 35.4 Å². The molecule has 362 valence electrons. The van der Waals surface area contributed by atoms with Crippen molar-refractivity contribution in [3.63, 3.8) is 0 Å². The highest BCUT2D eigenvalue weighted by Gasteiger charge is 2.40. The quantitative estimate of drug-likeness (QED) is 0.0252. The fraction of sp³-hybridized carbons (Fsp3) is 0.455. The first-order valence-electron chi connectivity index (χ1n) is 21.7. The summed E-state index contributed by atoms with van der Waals surface area (Å²) in [4.78, 5) is 119. The van der Waals surface area contributed by atoms with Crippen molar-refractivity contribution in [2.45, 2.75) is 108 Å². The van der Waals surface area contributed by atoms with E-state index in [4.69, 9.17) is 22.3 Å². The average molecular weight is 933 g/mol. The van der Waals surface area contributed by atoms with Crippen molar-refractivity contribution in [3.05, 3.63) is 83.9 Å². The van der Waals surface area contributed by atoms with Crippen molar-refractivity contribution < 1.29 is 53.7 Å². The van der Waals surface area contributed by atoms with Gasteiger partial charge in [-0.2, -0.15) is 0 Å². The number of nitrogens with zero attached hydrogens (tertiary/aromatic N) is 3. The number of carboxylic acids is 2. The number of phenols is 1. The van der Waals surface area contributed by atoms with Crippen molar-refractivity contribution in [2.24, 2.45) is 28.1 Å². The Balaban J connectivity index is 1.58. The van der Waals surface area contributed by atoms with Crippen LogP contribution in [0.1, 0.15) is 62.8 Å². The summed E-state index contributed by atoms with van der Waals surface area (Å²) in [6, 6.07) is 5.29. The normalized spacial score (nSPS) is 16.0. The molecule has 1 aromatic heterocycles. The number of aromatic nitrogens is 2. The van der Waals surface area contributed by atoms with Gasteiger partial charge in [-0.3, -0.25) is 38.6 Å². The minimum atomic E-state index is -1.50. The number of guanidine groups is 1. The lowest BCUT2D eigenvalue weighted by atomic mass is 9.99. The number of rotatable bonds is 25. The van der Waals surface area contributed by atoms with E-state index < -0.39 is 102 Å². The van der Waals surface area contributed by atoms with Gasteiger partial charge in [0.1, 0.15) is 42.0 Å². The maximum Gasteiger partial charge on any atom is 0.326 e. The van der Waals surface area contributed by atoms with Gasteiger partial charge in [-0.15, -0.1) is 0 Å². The minimum absolute atomic E-state index is 0.00226. The molecule has 2 aromatic carbocycles. The van der Waals surface area contributed by atoms with Crippen LogP contribution in [0, 0.1) is 5.92 Å². The summed E-state index contributed by atoms with van der Waals surface area (Å²) < 4.78 is 0. The lowest BCUT2D eigenvalue weighted by Gasteiger charge is -2.31. The van der Waals surface area contributed by atoms with Crippen LogP contribution in [-0.2, 0) is 57.6 Å². The molecule has 1 fully saturated rings. The molecule has 23 nitrogen and oxygen atoms in total. The van der Waals surface area contributed by atoms with Gasteiger partial charge in [0.15, 0.2) is 5.96 Å². The standard InChI is InChI=1S/C44H60N12O11/c1-24(2)36(55-38(61)30(10-6-16-49-44(46)47)51-37(60)29(45)21-35(58)59)41(64)52-31(18-26-12-14-28(57)15-13-26)39(62)53-32(20-27-22-48-23-50-27)42(65)56-17-7-11-34(56)40(63)54-33(43(66)67)19-25-8-4-3-5-9-25/h3-5,8-9,12-15,22-24,29-34,36,57H,6-7,10-11,16-21,45H2,1-2H3,(H,48,50)(H,51,60)(H,52,64)(H,53,62)(H,54,63)(H,55,61)(H,58,59)(H,66,67)(H4,46,47,49). The fourth-order valence-electron chi connectivity index (χ4n) is 7.37. The maximum atomic E-state index is 14.5. The molecule has 23 heteroatoms. The van der Waals surface area contributed by atoms with Crippen molar-refractivity contribution in [2.75, 3.05) is 13.1 Å². The Morgan fingerprint density at radius 1 is 0.791 bits per heavy atom. The van der Waals surface area contributed by atoms with Gasteiger partial charge in [0.25, 0.3) is 0 Å². The Hall–Kier alpha value is -7.56. The van der Waals surface area contributed by atoms with Crippen molar-refractivity contribution >= 4 is 53.3 Å². The van der Waals surface area contributed by atoms with E-state index in [0.29, 0.717) is 23.2 Å². The number of aliphatic imine (C=N–C) groups is 1. The summed E-state index contributed by atoms with van der Waals surface area (Å²) in [5.41, 5.74) is 18.2. The summed E-state index contributed by atoms with van der Waals surface area (Å²) in [6.45, 7) is 3.43. The molecular formula is C44H60N12O11. The number of aromatic amines is 1. The summed E-state index contributed by atoms with van der Waals surface area (Å²) in [6.07, 6.45) is 2.56. The molecule has 7 unspecified atom stereocenters. The molecular weight excluding hydrogens is 873 g/mol. The third-order valence-corrected chi connectivity index (χ3v) is 10.9. The molecule has 1 aliphatic rings. The van der Waals surface area contributed by atoms with Crippen LogP contribution in [0.3, 0.4) is 0 Å². The zero-order chi connectivity index (χ0) is 49.2. The molecule has 0 aliphatic carbocycles. The zero-order valence-electron chi connectivity index (χ0n) is 37.2. The fourth-order valence-corrected chi connectivity index (χ4v) is 7.37. The second-order valence-corrected chi connectivity index (χ2v) is 16.5. The second-order valence-electron chi connectivity index (χ2n) is 16.5. The Morgan fingerprint density at radius 3 is 2.03 bits per heavy atom. The Morgan fingerprint density at radius 2 is 1.42 bits per heavy atom. The Labute approximate surface area is 386 Å². The van der Waals surface area contributed by atoms with Crippen LogP contribution in [0.25, 0.3) is 0 Å². The van der Waals surface area contributed by atoms with Gasteiger partial charge >= 0.3 is 11.9 Å². The van der Waals surface area contributed by atoms with E-state index in [1.54, 1.807) is 44.2 Å². The molecule has 7 atom stereocenters. The minimum Gasteiger partial charge on any atom is -0.508 e. The van der Waals surface area contributed by atoms with Gasteiger partial charge in [-0.1, -0.05) is 56.3 Å². The van der Waals surface area contributed by atoms with Gasteiger partial charge in [0, 0.05) is 44.2 Å². The number of aromatic hydroxyl groups is 1. The number of hydrogen-bond acceptors (Lipinski definition) is 12. The molecule has 2 heterocycles. The number of carbonyl (C=O) groups excluding carboxylic acids is 6. The van der Waals surface area contributed by atoms with Crippen LogP contribution in [-0.4, -0.2) is 139 Å². The number of H-pyrrole nitrogens is 1.